The van der Waals surface area contributed by atoms with E-state index >= 15 is 0 Å². The van der Waals surface area contributed by atoms with E-state index in [0.29, 0.717) is 19.8 Å². The van der Waals surface area contributed by atoms with Crippen molar-refractivity contribution in [2.75, 3.05) is 26.4 Å². The van der Waals surface area contributed by atoms with Crippen molar-refractivity contribution in [2.24, 2.45) is 0 Å². The van der Waals surface area contributed by atoms with Crippen LogP contribution in [0.15, 0.2) is 0 Å². The normalized spacial score (nSPS) is 16.0. The van der Waals surface area contributed by atoms with Gasteiger partial charge in [0.25, 0.3) is 0 Å². The molecule has 0 saturated carbocycles. The molecular formula is C12H24O6. The molecule has 0 fully saturated rings. The Bertz CT molecular complexity index is 221. The Kier molecular flexibility index (Phi) is 9.63. The first-order chi connectivity index (χ1) is 8.45. The molecule has 6 nitrogen and oxygen atoms in total. The smallest absolute Gasteiger partial charge is 0.450 e. The molecule has 3 unspecified atom stereocenters. The Morgan fingerprint density at radius 1 is 0.944 bits per heavy atom. The molecule has 0 aliphatic heterocycles. The van der Waals surface area contributed by atoms with Crippen LogP contribution in [0.25, 0.3) is 0 Å². The molecule has 0 amide bonds. The Balaban J connectivity index is 3.56. The molecule has 18 heavy (non-hydrogen) atoms. The van der Waals surface area contributed by atoms with Crippen molar-refractivity contribution in [2.45, 2.75) is 46.0 Å². The van der Waals surface area contributed by atoms with Crippen molar-refractivity contribution >= 4 is 6.16 Å². The number of ether oxygens (including phenoxy) is 4. The minimum absolute atomic E-state index is 0.0252. The van der Waals surface area contributed by atoms with Crippen LogP contribution in [-0.2, 0) is 18.9 Å². The number of hydrogen-bond donors (Lipinski definition) is 1. The predicted octanol–water partition coefficient (Wildman–Crippen LogP) is 1.92. The van der Waals surface area contributed by atoms with Gasteiger partial charge in [0, 0.05) is 6.61 Å². The second-order valence-corrected chi connectivity index (χ2v) is 4.13. The van der Waals surface area contributed by atoms with Gasteiger partial charge in [0.05, 0.1) is 31.5 Å². The van der Waals surface area contributed by atoms with Gasteiger partial charge >= 0.3 is 6.16 Å². The summed E-state index contributed by atoms with van der Waals surface area (Å²) in [6.07, 6.45) is -1.58. The average molecular weight is 264 g/mol. The maximum Gasteiger partial charge on any atom is 0.505 e. The highest BCUT2D eigenvalue weighted by Crippen LogP contribution is 2.00. The summed E-state index contributed by atoms with van der Waals surface area (Å²) < 4.78 is 20.6. The molecule has 0 aliphatic rings. The Morgan fingerprint density at radius 3 is 1.83 bits per heavy atom. The predicted molar refractivity (Wildman–Crippen MR) is 65.9 cm³/mol. The standard InChI is InChI=1S/C12H24O6/c1-5-15-9(2)6-16-10(3)7-17-11(4)8-18-12(13)14/h9-11H,5-8H2,1-4H3,(H,13,14). The first kappa shape index (κ1) is 17.2. The third-order valence-electron chi connectivity index (χ3n) is 2.12. The lowest BCUT2D eigenvalue weighted by Gasteiger charge is -2.19. The van der Waals surface area contributed by atoms with E-state index in [-0.39, 0.29) is 24.9 Å². The summed E-state index contributed by atoms with van der Waals surface area (Å²) in [6.45, 7) is 9.12. The molecule has 6 heteroatoms. The minimum atomic E-state index is -1.29. The van der Waals surface area contributed by atoms with Gasteiger partial charge in [-0.05, 0) is 27.7 Å². The summed E-state index contributed by atoms with van der Waals surface area (Å²) in [4.78, 5) is 10.2. The van der Waals surface area contributed by atoms with E-state index in [9.17, 15) is 4.79 Å². The molecule has 0 heterocycles. The fourth-order valence-electron chi connectivity index (χ4n) is 1.22. The Hall–Kier alpha value is -0.850. The quantitative estimate of drug-likeness (QED) is 0.608. The lowest BCUT2D eigenvalue weighted by atomic mass is 10.4. The summed E-state index contributed by atoms with van der Waals surface area (Å²) in [5, 5.41) is 8.32. The van der Waals surface area contributed by atoms with Crippen LogP contribution in [0.2, 0.25) is 0 Å². The number of rotatable bonds is 10. The molecule has 0 bridgehead atoms. The molecule has 1 N–H and O–H groups in total. The summed E-state index contributed by atoms with van der Waals surface area (Å²) in [6, 6.07) is 0. The fourth-order valence-corrected chi connectivity index (χ4v) is 1.22. The molecule has 0 aromatic heterocycles. The molecule has 0 aliphatic carbocycles. The highest BCUT2D eigenvalue weighted by Gasteiger charge is 2.10. The molecule has 0 radical (unpaired) electrons. The van der Waals surface area contributed by atoms with Gasteiger partial charge in [-0.2, -0.15) is 0 Å². The van der Waals surface area contributed by atoms with Gasteiger partial charge in [-0.1, -0.05) is 0 Å². The van der Waals surface area contributed by atoms with Crippen molar-refractivity contribution < 1.29 is 28.8 Å². The van der Waals surface area contributed by atoms with E-state index in [1.54, 1.807) is 6.92 Å². The largest absolute Gasteiger partial charge is 0.505 e. The topological polar surface area (TPSA) is 74.2 Å². The van der Waals surface area contributed by atoms with Gasteiger partial charge in [-0.3, -0.25) is 0 Å². The number of carbonyl (C=O) groups is 1. The van der Waals surface area contributed by atoms with Gasteiger partial charge in [-0.15, -0.1) is 0 Å². The zero-order valence-electron chi connectivity index (χ0n) is 11.5. The zero-order valence-corrected chi connectivity index (χ0v) is 11.5. The van der Waals surface area contributed by atoms with E-state index in [1.165, 1.54) is 0 Å². The molecule has 0 saturated heterocycles. The summed E-state index contributed by atoms with van der Waals surface area (Å²) in [7, 11) is 0. The van der Waals surface area contributed by atoms with Crippen LogP contribution in [0.5, 0.6) is 0 Å². The molecule has 3 atom stereocenters. The molecule has 0 aromatic carbocycles. The van der Waals surface area contributed by atoms with Crippen molar-refractivity contribution in [3.8, 4) is 0 Å². The van der Waals surface area contributed by atoms with Gasteiger partial charge in [-0.25, -0.2) is 4.79 Å². The van der Waals surface area contributed by atoms with Gasteiger partial charge in [0.15, 0.2) is 0 Å². The second kappa shape index (κ2) is 10.1. The van der Waals surface area contributed by atoms with Crippen LogP contribution in [-0.4, -0.2) is 56.0 Å². The van der Waals surface area contributed by atoms with E-state index in [2.05, 4.69) is 4.74 Å². The van der Waals surface area contributed by atoms with E-state index < -0.39 is 6.16 Å². The maximum atomic E-state index is 10.2. The third kappa shape index (κ3) is 10.3. The lowest BCUT2D eigenvalue weighted by molar-refractivity contribution is -0.0753. The molecule has 0 aromatic rings. The SMILES string of the molecule is CCOC(C)COC(C)COC(C)COC(=O)O. The van der Waals surface area contributed by atoms with Crippen LogP contribution in [0, 0.1) is 0 Å². The first-order valence-corrected chi connectivity index (χ1v) is 6.16. The van der Waals surface area contributed by atoms with Crippen LogP contribution in [0.4, 0.5) is 4.79 Å². The van der Waals surface area contributed by atoms with Gasteiger partial charge in [0.1, 0.15) is 6.61 Å². The van der Waals surface area contributed by atoms with Crippen LogP contribution >= 0.6 is 0 Å². The number of hydrogen-bond acceptors (Lipinski definition) is 5. The van der Waals surface area contributed by atoms with Crippen LogP contribution < -0.4 is 0 Å². The number of carboxylic acid groups (broad SMARTS) is 1. The monoisotopic (exact) mass is 264 g/mol. The summed E-state index contributed by atoms with van der Waals surface area (Å²) >= 11 is 0. The van der Waals surface area contributed by atoms with Gasteiger partial charge in [0.2, 0.25) is 0 Å². The molecular weight excluding hydrogens is 240 g/mol. The van der Waals surface area contributed by atoms with Gasteiger partial charge < -0.3 is 24.1 Å². The van der Waals surface area contributed by atoms with E-state index in [4.69, 9.17) is 19.3 Å². The minimum Gasteiger partial charge on any atom is -0.450 e. The Morgan fingerprint density at radius 2 is 1.39 bits per heavy atom. The van der Waals surface area contributed by atoms with Crippen molar-refractivity contribution in [3.05, 3.63) is 0 Å². The van der Waals surface area contributed by atoms with E-state index in [0.717, 1.165) is 0 Å². The van der Waals surface area contributed by atoms with Crippen LogP contribution in [0.1, 0.15) is 27.7 Å². The third-order valence-corrected chi connectivity index (χ3v) is 2.12. The second-order valence-electron chi connectivity index (χ2n) is 4.13. The highest BCUT2D eigenvalue weighted by atomic mass is 16.7. The van der Waals surface area contributed by atoms with Crippen LogP contribution in [0.3, 0.4) is 0 Å². The summed E-state index contributed by atoms with van der Waals surface area (Å²) in [5.74, 6) is 0. The maximum absolute atomic E-state index is 10.2. The highest BCUT2D eigenvalue weighted by molar-refractivity contribution is 5.56. The van der Waals surface area contributed by atoms with Crippen molar-refractivity contribution in [3.63, 3.8) is 0 Å². The fraction of sp³-hybridized carbons (Fsp3) is 0.917. The van der Waals surface area contributed by atoms with Crippen molar-refractivity contribution in [1.29, 1.82) is 0 Å². The average Bonchev–Trinajstić information content (AvgIpc) is 2.31. The van der Waals surface area contributed by atoms with Crippen molar-refractivity contribution in [1.82, 2.24) is 0 Å². The first-order valence-electron chi connectivity index (χ1n) is 6.16. The van der Waals surface area contributed by atoms with E-state index in [1.807, 2.05) is 20.8 Å². The zero-order chi connectivity index (χ0) is 14.0. The molecule has 0 spiro atoms. The molecule has 108 valence electrons. The molecule has 0 rings (SSSR count). The Labute approximate surface area is 108 Å². The lowest BCUT2D eigenvalue weighted by Crippen LogP contribution is -2.27. The summed E-state index contributed by atoms with van der Waals surface area (Å²) in [5.41, 5.74) is 0.